The van der Waals surface area contributed by atoms with E-state index in [9.17, 15) is 0 Å². The fourth-order valence-corrected chi connectivity index (χ4v) is 1.92. The SMILES string of the molecule is CCNCc1cc(C)nc(N(C)CCSC)n1. The predicted molar refractivity (Wildman–Crippen MR) is 75.8 cm³/mol. The zero-order chi connectivity index (χ0) is 12.7. The van der Waals surface area contributed by atoms with Crippen LogP contribution >= 0.6 is 11.8 Å². The number of thioether (sulfide) groups is 1. The highest BCUT2D eigenvalue weighted by atomic mass is 32.2. The molecule has 5 heteroatoms. The second kappa shape index (κ2) is 7.50. The molecule has 0 fully saturated rings. The first-order valence-electron chi connectivity index (χ1n) is 5.92. The topological polar surface area (TPSA) is 41.1 Å². The summed E-state index contributed by atoms with van der Waals surface area (Å²) in [5.41, 5.74) is 2.09. The number of nitrogens with zero attached hydrogens (tertiary/aromatic N) is 3. The number of anilines is 1. The van der Waals surface area contributed by atoms with Crippen LogP contribution in [0.4, 0.5) is 5.95 Å². The molecule has 1 aromatic rings. The molecule has 4 nitrogen and oxygen atoms in total. The molecular weight excluding hydrogens is 232 g/mol. The van der Waals surface area contributed by atoms with Gasteiger partial charge < -0.3 is 10.2 Å². The second-order valence-electron chi connectivity index (χ2n) is 4.00. The molecule has 0 unspecified atom stereocenters. The monoisotopic (exact) mass is 254 g/mol. The molecule has 17 heavy (non-hydrogen) atoms. The summed E-state index contributed by atoms with van der Waals surface area (Å²) in [5.74, 6) is 1.92. The quantitative estimate of drug-likeness (QED) is 0.802. The van der Waals surface area contributed by atoms with Gasteiger partial charge in [0, 0.05) is 31.6 Å². The molecule has 1 heterocycles. The Kier molecular flexibility index (Phi) is 6.29. The van der Waals surface area contributed by atoms with Gasteiger partial charge in [-0.2, -0.15) is 11.8 Å². The normalized spacial score (nSPS) is 10.6. The summed E-state index contributed by atoms with van der Waals surface area (Å²) in [4.78, 5) is 11.1. The molecule has 0 aliphatic heterocycles. The Morgan fingerprint density at radius 1 is 1.41 bits per heavy atom. The van der Waals surface area contributed by atoms with Crippen molar-refractivity contribution in [2.75, 3.05) is 37.0 Å². The average molecular weight is 254 g/mol. The highest BCUT2D eigenvalue weighted by molar-refractivity contribution is 7.98. The lowest BCUT2D eigenvalue weighted by Gasteiger charge is -2.17. The van der Waals surface area contributed by atoms with E-state index in [1.807, 2.05) is 31.8 Å². The Bertz CT molecular complexity index is 343. The molecule has 0 radical (unpaired) electrons. The van der Waals surface area contributed by atoms with Crippen molar-refractivity contribution in [2.24, 2.45) is 0 Å². The smallest absolute Gasteiger partial charge is 0.225 e. The summed E-state index contributed by atoms with van der Waals surface area (Å²) in [6, 6.07) is 2.04. The van der Waals surface area contributed by atoms with Gasteiger partial charge in [-0.05, 0) is 25.8 Å². The number of hydrogen-bond donors (Lipinski definition) is 1. The van der Waals surface area contributed by atoms with E-state index < -0.39 is 0 Å². The molecule has 96 valence electrons. The lowest BCUT2D eigenvalue weighted by molar-refractivity contribution is 0.704. The molecule has 0 spiro atoms. The van der Waals surface area contributed by atoms with Crippen LogP contribution in [0.3, 0.4) is 0 Å². The molecule has 0 amide bonds. The average Bonchev–Trinajstić information content (AvgIpc) is 2.32. The zero-order valence-corrected chi connectivity index (χ0v) is 12.0. The van der Waals surface area contributed by atoms with Crippen LogP contribution in [0.15, 0.2) is 6.07 Å². The summed E-state index contributed by atoms with van der Waals surface area (Å²) in [5, 5.41) is 3.29. The van der Waals surface area contributed by atoms with E-state index in [1.54, 1.807) is 0 Å². The van der Waals surface area contributed by atoms with Crippen LogP contribution < -0.4 is 10.2 Å². The van der Waals surface area contributed by atoms with Crippen LogP contribution in [-0.4, -0.2) is 42.1 Å². The molecule has 0 aliphatic rings. The number of aromatic nitrogens is 2. The molecule has 0 saturated carbocycles. The van der Waals surface area contributed by atoms with Crippen LogP contribution in [-0.2, 0) is 6.54 Å². The van der Waals surface area contributed by atoms with Crippen molar-refractivity contribution < 1.29 is 0 Å². The first kappa shape index (κ1) is 14.3. The van der Waals surface area contributed by atoms with Gasteiger partial charge in [0.1, 0.15) is 0 Å². The molecular formula is C12H22N4S. The van der Waals surface area contributed by atoms with Gasteiger partial charge in [-0.25, -0.2) is 9.97 Å². The lowest BCUT2D eigenvalue weighted by Crippen LogP contribution is -2.24. The molecule has 0 bridgehead atoms. The molecule has 1 rings (SSSR count). The van der Waals surface area contributed by atoms with Gasteiger partial charge in [-0.1, -0.05) is 6.92 Å². The maximum Gasteiger partial charge on any atom is 0.225 e. The van der Waals surface area contributed by atoms with Gasteiger partial charge >= 0.3 is 0 Å². The van der Waals surface area contributed by atoms with Gasteiger partial charge in [-0.3, -0.25) is 0 Å². The molecule has 0 atom stereocenters. The van der Waals surface area contributed by atoms with E-state index in [4.69, 9.17) is 0 Å². The Labute approximate surface area is 108 Å². The van der Waals surface area contributed by atoms with E-state index in [0.717, 1.165) is 42.7 Å². The molecule has 0 aromatic carbocycles. The van der Waals surface area contributed by atoms with Gasteiger partial charge in [-0.15, -0.1) is 0 Å². The highest BCUT2D eigenvalue weighted by Crippen LogP contribution is 2.09. The third kappa shape index (κ3) is 4.91. The molecule has 0 saturated heterocycles. The minimum absolute atomic E-state index is 0.809. The third-order valence-electron chi connectivity index (χ3n) is 2.42. The number of hydrogen-bond acceptors (Lipinski definition) is 5. The largest absolute Gasteiger partial charge is 0.343 e. The Morgan fingerprint density at radius 2 is 2.18 bits per heavy atom. The van der Waals surface area contributed by atoms with Gasteiger partial charge in [0.15, 0.2) is 0 Å². The summed E-state index contributed by atoms with van der Waals surface area (Å²) in [6.45, 7) is 6.86. The summed E-state index contributed by atoms with van der Waals surface area (Å²) in [7, 11) is 2.04. The van der Waals surface area contributed by atoms with Gasteiger partial charge in [0.25, 0.3) is 0 Å². The summed E-state index contributed by atoms with van der Waals surface area (Å²) >= 11 is 1.84. The number of aryl methyl sites for hydroxylation is 1. The van der Waals surface area contributed by atoms with Gasteiger partial charge in [0.2, 0.25) is 5.95 Å². The van der Waals surface area contributed by atoms with Crippen molar-refractivity contribution in [3.8, 4) is 0 Å². The molecule has 0 aliphatic carbocycles. The van der Waals surface area contributed by atoms with E-state index in [2.05, 4.69) is 33.4 Å². The Hall–Kier alpha value is -0.810. The Morgan fingerprint density at radius 3 is 2.82 bits per heavy atom. The predicted octanol–water partition coefficient (Wildman–Crippen LogP) is 1.69. The minimum atomic E-state index is 0.809. The highest BCUT2D eigenvalue weighted by Gasteiger charge is 2.06. The fourth-order valence-electron chi connectivity index (χ4n) is 1.46. The standard InChI is InChI=1S/C12H22N4S/c1-5-13-9-11-8-10(2)14-12(15-11)16(3)6-7-17-4/h8,13H,5-7,9H2,1-4H3. The fraction of sp³-hybridized carbons (Fsp3) is 0.667. The minimum Gasteiger partial charge on any atom is -0.343 e. The first-order valence-corrected chi connectivity index (χ1v) is 7.32. The van der Waals surface area contributed by atoms with Crippen LogP contribution in [0.2, 0.25) is 0 Å². The summed E-state index contributed by atoms with van der Waals surface area (Å²) < 4.78 is 0. The number of rotatable bonds is 7. The van der Waals surface area contributed by atoms with E-state index in [0.29, 0.717) is 0 Å². The molecule has 1 N–H and O–H groups in total. The second-order valence-corrected chi connectivity index (χ2v) is 4.98. The third-order valence-corrected chi connectivity index (χ3v) is 3.01. The van der Waals surface area contributed by atoms with Gasteiger partial charge in [0.05, 0.1) is 5.69 Å². The van der Waals surface area contributed by atoms with E-state index in [1.165, 1.54) is 0 Å². The van der Waals surface area contributed by atoms with Crippen molar-refractivity contribution in [2.45, 2.75) is 20.4 Å². The van der Waals surface area contributed by atoms with Crippen LogP contribution in [0.25, 0.3) is 0 Å². The van der Waals surface area contributed by atoms with E-state index >= 15 is 0 Å². The lowest BCUT2D eigenvalue weighted by atomic mass is 10.3. The maximum atomic E-state index is 4.57. The van der Waals surface area contributed by atoms with Crippen LogP contribution in [0.1, 0.15) is 18.3 Å². The Balaban J connectivity index is 2.73. The van der Waals surface area contributed by atoms with E-state index in [-0.39, 0.29) is 0 Å². The molecule has 1 aromatic heterocycles. The van der Waals surface area contributed by atoms with Crippen molar-refractivity contribution >= 4 is 17.7 Å². The summed E-state index contributed by atoms with van der Waals surface area (Å²) in [6.07, 6.45) is 2.11. The van der Waals surface area contributed by atoms with Crippen LogP contribution in [0, 0.1) is 6.92 Å². The first-order chi connectivity index (χ1) is 8.17. The van der Waals surface area contributed by atoms with Crippen molar-refractivity contribution in [1.82, 2.24) is 15.3 Å². The van der Waals surface area contributed by atoms with Crippen LogP contribution in [0.5, 0.6) is 0 Å². The van der Waals surface area contributed by atoms with Crippen molar-refractivity contribution in [3.63, 3.8) is 0 Å². The number of nitrogens with one attached hydrogen (secondary N) is 1. The van der Waals surface area contributed by atoms with Crippen molar-refractivity contribution in [1.29, 1.82) is 0 Å². The zero-order valence-electron chi connectivity index (χ0n) is 11.2. The maximum absolute atomic E-state index is 4.57. The van der Waals surface area contributed by atoms with Crippen molar-refractivity contribution in [3.05, 3.63) is 17.5 Å².